The van der Waals surface area contributed by atoms with E-state index in [-0.39, 0.29) is 11.7 Å². The molecule has 5 nitrogen and oxygen atoms in total. The number of hydrogen-bond donors (Lipinski definition) is 1. The molecule has 1 N–H and O–H groups in total. The molecule has 0 atom stereocenters. The van der Waals surface area contributed by atoms with Crippen LogP contribution in [0.25, 0.3) is 16.3 Å². The fourth-order valence-electron chi connectivity index (χ4n) is 2.64. The molecule has 0 fully saturated rings. The van der Waals surface area contributed by atoms with E-state index in [1.165, 1.54) is 23.5 Å². The minimum absolute atomic E-state index is 0.266. The van der Waals surface area contributed by atoms with Gasteiger partial charge in [0.15, 0.2) is 0 Å². The molecule has 0 aliphatic heterocycles. The number of anilines is 1. The Morgan fingerprint density at radius 1 is 1.11 bits per heavy atom. The van der Waals surface area contributed by atoms with Gasteiger partial charge in [0.2, 0.25) is 0 Å². The maximum atomic E-state index is 13.2. The third kappa shape index (κ3) is 3.63. The van der Waals surface area contributed by atoms with Crippen molar-refractivity contribution in [3.8, 4) is 16.3 Å². The second kappa shape index (κ2) is 7.13. The van der Waals surface area contributed by atoms with Gasteiger partial charge in [-0.25, -0.2) is 14.1 Å². The summed E-state index contributed by atoms with van der Waals surface area (Å²) < 4.78 is 14.8. The van der Waals surface area contributed by atoms with Crippen LogP contribution in [0.4, 0.5) is 10.2 Å². The van der Waals surface area contributed by atoms with Crippen molar-refractivity contribution in [1.82, 2.24) is 14.8 Å². The number of nitrogens with one attached hydrogen (secondary N) is 1. The van der Waals surface area contributed by atoms with Crippen molar-refractivity contribution >= 4 is 23.1 Å². The molecule has 0 aliphatic carbocycles. The van der Waals surface area contributed by atoms with Crippen LogP contribution in [0.1, 0.15) is 15.4 Å². The van der Waals surface area contributed by atoms with E-state index in [0.29, 0.717) is 16.4 Å². The van der Waals surface area contributed by atoms with E-state index >= 15 is 0 Å². The lowest BCUT2D eigenvalue weighted by molar-refractivity contribution is 0.102. The van der Waals surface area contributed by atoms with Crippen LogP contribution in [-0.4, -0.2) is 20.7 Å². The van der Waals surface area contributed by atoms with Crippen molar-refractivity contribution in [2.45, 2.75) is 6.92 Å². The third-order valence-electron chi connectivity index (χ3n) is 3.89. The fraction of sp³-hybridized carbons (Fsp3) is 0.0500. The predicted octanol–water partition coefficient (Wildman–Crippen LogP) is 4.70. The van der Waals surface area contributed by atoms with Crippen LogP contribution in [0.2, 0.25) is 0 Å². The lowest BCUT2D eigenvalue weighted by Gasteiger charge is -2.08. The van der Waals surface area contributed by atoms with Gasteiger partial charge in [-0.05, 0) is 31.2 Å². The van der Waals surface area contributed by atoms with E-state index in [0.717, 1.165) is 16.3 Å². The largest absolute Gasteiger partial charge is 0.306 e. The highest BCUT2D eigenvalue weighted by Crippen LogP contribution is 2.26. The Balaban J connectivity index is 1.59. The molecule has 0 bridgehead atoms. The Bertz CT molecular complexity index is 1090. The highest BCUT2D eigenvalue weighted by Gasteiger charge is 2.15. The SMILES string of the molecule is Cc1cc(NC(=O)c2cnc(-c3ccccc3)s2)n(-c2ccc(F)cc2)n1. The average molecular weight is 378 g/mol. The van der Waals surface area contributed by atoms with Crippen molar-refractivity contribution in [3.63, 3.8) is 0 Å². The molecule has 0 saturated carbocycles. The maximum Gasteiger partial charge on any atom is 0.268 e. The van der Waals surface area contributed by atoms with Crippen LogP contribution in [-0.2, 0) is 0 Å². The number of halogens is 1. The van der Waals surface area contributed by atoms with E-state index in [1.807, 2.05) is 37.3 Å². The number of carbonyl (C=O) groups is 1. The summed E-state index contributed by atoms with van der Waals surface area (Å²) >= 11 is 1.32. The van der Waals surface area contributed by atoms with Crippen molar-refractivity contribution in [2.24, 2.45) is 0 Å². The van der Waals surface area contributed by atoms with Crippen LogP contribution < -0.4 is 5.32 Å². The monoisotopic (exact) mass is 378 g/mol. The number of benzene rings is 2. The number of amides is 1. The molecule has 0 radical (unpaired) electrons. The summed E-state index contributed by atoms with van der Waals surface area (Å²) in [5, 5.41) is 8.02. The van der Waals surface area contributed by atoms with E-state index < -0.39 is 0 Å². The molecule has 4 rings (SSSR count). The van der Waals surface area contributed by atoms with Crippen LogP contribution in [0.15, 0.2) is 66.9 Å². The molecule has 0 spiro atoms. The van der Waals surface area contributed by atoms with E-state index in [2.05, 4.69) is 15.4 Å². The topological polar surface area (TPSA) is 59.8 Å². The lowest BCUT2D eigenvalue weighted by Crippen LogP contribution is -2.14. The molecule has 1 amide bonds. The van der Waals surface area contributed by atoms with Crippen molar-refractivity contribution in [3.05, 3.63) is 83.2 Å². The third-order valence-corrected chi connectivity index (χ3v) is 4.94. The van der Waals surface area contributed by atoms with Gasteiger partial charge < -0.3 is 5.32 Å². The zero-order chi connectivity index (χ0) is 18.8. The number of hydrogen-bond acceptors (Lipinski definition) is 4. The first-order valence-corrected chi connectivity index (χ1v) is 9.07. The Morgan fingerprint density at radius 2 is 1.85 bits per heavy atom. The minimum atomic E-state index is -0.327. The maximum absolute atomic E-state index is 13.2. The first kappa shape index (κ1) is 17.1. The fourth-order valence-corrected chi connectivity index (χ4v) is 3.46. The number of rotatable bonds is 4. The van der Waals surface area contributed by atoms with Gasteiger partial charge in [-0.3, -0.25) is 4.79 Å². The summed E-state index contributed by atoms with van der Waals surface area (Å²) in [5.74, 6) is -0.0805. The number of nitrogens with zero attached hydrogens (tertiary/aromatic N) is 3. The molecule has 0 aliphatic rings. The van der Waals surface area contributed by atoms with Gasteiger partial charge in [-0.15, -0.1) is 11.3 Å². The summed E-state index contributed by atoms with van der Waals surface area (Å²) in [6.45, 7) is 1.83. The predicted molar refractivity (Wildman–Crippen MR) is 104 cm³/mol. The number of aryl methyl sites for hydroxylation is 1. The molecule has 27 heavy (non-hydrogen) atoms. The van der Waals surface area contributed by atoms with Crippen molar-refractivity contribution in [2.75, 3.05) is 5.32 Å². The number of carbonyl (C=O) groups excluding carboxylic acids is 1. The smallest absolute Gasteiger partial charge is 0.268 e. The molecule has 134 valence electrons. The van der Waals surface area contributed by atoms with Gasteiger partial charge in [-0.1, -0.05) is 30.3 Å². The molecule has 2 heterocycles. The average Bonchev–Trinajstić information content (AvgIpc) is 3.30. The molecule has 4 aromatic rings. The van der Waals surface area contributed by atoms with Crippen LogP contribution in [0.5, 0.6) is 0 Å². The Morgan fingerprint density at radius 3 is 2.59 bits per heavy atom. The highest BCUT2D eigenvalue weighted by molar-refractivity contribution is 7.17. The molecular formula is C20H15FN4OS. The highest BCUT2D eigenvalue weighted by atomic mass is 32.1. The Labute approximate surface area is 159 Å². The van der Waals surface area contributed by atoms with E-state index in [9.17, 15) is 9.18 Å². The zero-order valence-electron chi connectivity index (χ0n) is 14.4. The molecular weight excluding hydrogens is 363 g/mol. The second-order valence-corrected chi connectivity index (χ2v) is 6.94. The van der Waals surface area contributed by atoms with Crippen LogP contribution in [0.3, 0.4) is 0 Å². The summed E-state index contributed by atoms with van der Waals surface area (Å²) in [6.07, 6.45) is 1.56. The normalized spacial score (nSPS) is 10.7. The second-order valence-electron chi connectivity index (χ2n) is 5.91. The van der Waals surface area contributed by atoms with Crippen LogP contribution in [0, 0.1) is 12.7 Å². The molecule has 2 aromatic heterocycles. The molecule has 7 heteroatoms. The van der Waals surface area contributed by atoms with E-state index in [1.54, 1.807) is 29.1 Å². The Hall–Kier alpha value is -3.32. The van der Waals surface area contributed by atoms with Gasteiger partial charge in [0.25, 0.3) is 5.91 Å². The number of aromatic nitrogens is 3. The van der Waals surface area contributed by atoms with Crippen molar-refractivity contribution in [1.29, 1.82) is 0 Å². The summed E-state index contributed by atoms with van der Waals surface area (Å²) in [7, 11) is 0. The number of thiazole rings is 1. The standard InChI is InChI=1S/C20H15FN4OS/c1-13-11-18(25(24-13)16-9-7-15(21)8-10-16)23-19(26)17-12-22-20(27-17)14-5-3-2-4-6-14/h2-12H,1H3,(H,23,26). The summed E-state index contributed by atoms with van der Waals surface area (Å²) in [4.78, 5) is 17.5. The lowest BCUT2D eigenvalue weighted by atomic mass is 10.2. The van der Waals surface area contributed by atoms with E-state index in [4.69, 9.17) is 0 Å². The van der Waals surface area contributed by atoms with Gasteiger partial charge in [0, 0.05) is 11.6 Å². The summed E-state index contributed by atoms with van der Waals surface area (Å²) in [5.41, 5.74) is 2.37. The van der Waals surface area contributed by atoms with Crippen LogP contribution >= 0.6 is 11.3 Å². The van der Waals surface area contributed by atoms with Crippen molar-refractivity contribution < 1.29 is 9.18 Å². The first-order chi connectivity index (χ1) is 13.1. The first-order valence-electron chi connectivity index (χ1n) is 8.25. The molecule has 0 unspecified atom stereocenters. The van der Waals surface area contributed by atoms with Gasteiger partial charge in [0.1, 0.15) is 21.5 Å². The Kier molecular flexibility index (Phi) is 4.52. The van der Waals surface area contributed by atoms with Gasteiger partial charge in [0.05, 0.1) is 17.6 Å². The zero-order valence-corrected chi connectivity index (χ0v) is 15.2. The van der Waals surface area contributed by atoms with Gasteiger partial charge >= 0.3 is 0 Å². The molecule has 0 saturated heterocycles. The van der Waals surface area contributed by atoms with Gasteiger partial charge in [-0.2, -0.15) is 5.10 Å². The summed E-state index contributed by atoms with van der Waals surface area (Å²) in [6, 6.07) is 17.4. The minimum Gasteiger partial charge on any atom is -0.306 e. The molecule has 2 aromatic carbocycles. The quantitative estimate of drug-likeness (QED) is 0.560.